The Labute approximate surface area is 193 Å². The third-order valence-corrected chi connectivity index (χ3v) is 5.60. The average molecular weight is 449 g/mol. The number of pyridine rings is 1. The molecule has 1 atom stereocenters. The molecule has 0 spiro atoms. The first-order chi connectivity index (χ1) is 16.0. The van der Waals surface area contributed by atoms with Crippen molar-refractivity contribution in [3.63, 3.8) is 0 Å². The van der Waals surface area contributed by atoms with Crippen LogP contribution in [-0.4, -0.2) is 46.0 Å². The van der Waals surface area contributed by atoms with Crippen molar-refractivity contribution in [2.24, 2.45) is 5.73 Å². The fraction of sp³-hybridized carbons (Fsp3) is 0.333. The average Bonchev–Trinajstić information content (AvgIpc) is 3.28. The number of nitrogens with two attached hydrogens (primary N) is 1. The molecule has 3 heterocycles. The minimum absolute atomic E-state index is 0.167. The van der Waals surface area contributed by atoms with Crippen molar-refractivity contribution in [3.05, 3.63) is 65.7 Å². The molecule has 4 rings (SSSR count). The van der Waals surface area contributed by atoms with Gasteiger partial charge in [-0.2, -0.15) is 0 Å². The van der Waals surface area contributed by atoms with E-state index in [0.29, 0.717) is 17.3 Å². The highest BCUT2D eigenvalue weighted by atomic mass is 16.5. The van der Waals surface area contributed by atoms with Gasteiger partial charge >= 0.3 is 0 Å². The minimum atomic E-state index is -0.530. The zero-order valence-corrected chi connectivity index (χ0v) is 18.8. The Morgan fingerprint density at radius 2 is 2.15 bits per heavy atom. The maximum atomic E-state index is 11.0. The summed E-state index contributed by atoms with van der Waals surface area (Å²) in [5.74, 6) is 1.99. The molecule has 0 unspecified atom stereocenters. The molecule has 33 heavy (non-hydrogen) atoms. The van der Waals surface area contributed by atoms with Crippen molar-refractivity contribution in [1.29, 1.82) is 0 Å². The number of nitrogens with one attached hydrogen (secondary N) is 1. The van der Waals surface area contributed by atoms with E-state index in [-0.39, 0.29) is 12.6 Å². The predicted molar refractivity (Wildman–Crippen MR) is 124 cm³/mol. The lowest BCUT2D eigenvalue weighted by Crippen LogP contribution is -2.24. The van der Waals surface area contributed by atoms with Crippen molar-refractivity contribution >= 4 is 17.5 Å². The number of primary amides is 1. The van der Waals surface area contributed by atoms with Crippen LogP contribution in [-0.2, 0) is 11.3 Å². The molecular formula is C24H28N6O3. The number of ether oxygens (including phenoxy) is 2. The van der Waals surface area contributed by atoms with E-state index in [1.165, 1.54) is 0 Å². The van der Waals surface area contributed by atoms with Crippen LogP contribution in [0.25, 0.3) is 0 Å². The van der Waals surface area contributed by atoms with Crippen LogP contribution >= 0.6 is 0 Å². The number of carbonyl (C=O) groups excluding carboxylic acids is 1. The number of amides is 1. The van der Waals surface area contributed by atoms with Crippen LogP contribution in [0, 0.1) is 6.92 Å². The van der Waals surface area contributed by atoms with Crippen LogP contribution < -0.4 is 20.5 Å². The molecule has 3 N–H and O–H groups in total. The second-order valence-corrected chi connectivity index (χ2v) is 7.99. The predicted octanol–water partition coefficient (Wildman–Crippen LogP) is 3.13. The summed E-state index contributed by atoms with van der Waals surface area (Å²) in [4.78, 5) is 27.0. The zero-order valence-electron chi connectivity index (χ0n) is 18.8. The highest BCUT2D eigenvalue weighted by molar-refractivity contribution is 5.75. The number of hydrogen-bond acceptors (Lipinski definition) is 8. The van der Waals surface area contributed by atoms with E-state index in [2.05, 4.69) is 20.2 Å². The van der Waals surface area contributed by atoms with Gasteiger partial charge in [0.05, 0.1) is 31.2 Å². The van der Waals surface area contributed by atoms with Gasteiger partial charge in [0.15, 0.2) is 18.1 Å². The number of benzene rings is 1. The van der Waals surface area contributed by atoms with E-state index in [4.69, 9.17) is 20.2 Å². The lowest BCUT2D eigenvalue weighted by molar-refractivity contribution is -0.119. The number of methoxy groups -OCH3 is 1. The van der Waals surface area contributed by atoms with Crippen molar-refractivity contribution in [2.75, 3.05) is 25.6 Å². The molecule has 9 heteroatoms. The smallest absolute Gasteiger partial charge is 0.255 e. The fourth-order valence-corrected chi connectivity index (χ4v) is 4.00. The topological polar surface area (TPSA) is 115 Å². The Kier molecular flexibility index (Phi) is 6.99. The van der Waals surface area contributed by atoms with Gasteiger partial charge in [0.1, 0.15) is 11.6 Å². The van der Waals surface area contributed by atoms with Gasteiger partial charge in [0.2, 0.25) is 0 Å². The van der Waals surface area contributed by atoms with E-state index >= 15 is 0 Å². The minimum Gasteiger partial charge on any atom is -0.493 e. The SMILES string of the molecule is COc1cc(CN2CCC[C@H]2c2cncc(Nc3ncccc3C)n2)ccc1OCC(N)=O. The number of aryl methyl sites for hydroxylation is 1. The van der Waals surface area contributed by atoms with Crippen molar-refractivity contribution < 1.29 is 14.3 Å². The first-order valence-corrected chi connectivity index (χ1v) is 10.9. The summed E-state index contributed by atoms with van der Waals surface area (Å²) in [5.41, 5.74) is 8.23. The first-order valence-electron chi connectivity index (χ1n) is 10.9. The van der Waals surface area contributed by atoms with Gasteiger partial charge in [0.25, 0.3) is 5.91 Å². The molecule has 172 valence electrons. The zero-order chi connectivity index (χ0) is 23.2. The molecule has 9 nitrogen and oxygen atoms in total. The Balaban J connectivity index is 1.48. The molecule has 1 fully saturated rings. The Bertz CT molecular complexity index is 1120. The Hall–Kier alpha value is -3.72. The maximum Gasteiger partial charge on any atom is 0.255 e. The molecule has 1 aromatic carbocycles. The second kappa shape index (κ2) is 10.3. The lowest BCUT2D eigenvalue weighted by Gasteiger charge is -2.24. The summed E-state index contributed by atoms with van der Waals surface area (Å²) in [5, 5.41) is 3.28. The van der Waals surface area contributed by atoms with Gasteiger partial charge in [0, 0.05) is 12.7 Å². The van der Waals surface area contributed by atoms with E-state index in [0.717, 1.165) is 48.6 Å². The van der Waals surface area contributed by atoms with Crippen molar-refractivity contribution in [1.82, 2.24) is 19.9 Å². The maximum absolute atomic E-state index is 11.0. The second-order valence-electron chi connectivity index (χ2n) is 7.99. The monoisotopic (exact) mass is 448 g/mol. The van der Waals surface area contributed by atoms with Gasteiger partial charge in [-0.3, -0.25) is 14.7 Å². The highest BCUT2D eigenvalue weighted by Gasteiger charge is 2.28. The fourth-order valence-electron chi connectivity index (χ4n) is 4.00. The van der Waals surface area contributed by atoms with Gasteiger partial charge in [-0.25, -0.2) is 9.97 Å². The largest absolute Gasteiger partial charge is 0.493 e. The number of rotatable bonds is 9. The molecule has 1 saturated heterocycles. The van der Waals surface area contributed by atoms with Crippen LogP contribution in [0.1, 0.15) is 35.7 Å². The number of carbonyl (C=O) groups is 1. The normalized spacial score (nSPS) is 15.9. The lowest BCUT2D eigenvalue weighted by atomic mass is 10.1. The summed E-state index contributed by atoms with van der Waals surface area (Å²) in [7, 11) is 1.58. The molecule has 1 amide bonds. The summed E-state index contributed by atoms with van der Waals surface area (Å²) in [6.07, 6.45) is 7.40. The molecule has 0 bridgehead atoms. The number of likely N-dealkylation sites (tertiary alicyclic amines) is 1. The van der Waals surface area contributed by atoms with E-state index in [9.17, 15) is 4.79 Å². The van der Waals surface area contributed by atoms with Gasteiger partial charge in [-0.05, 0) is 55.6 Å². The van der Waals surface area contributed by atoms with Crippen LogP contribution in [0.15, 0.2) is 48.9 Å². The van der Waals surface area contributed by atoms with Gasteiger partial charge in [-0.1, -0.05) is 12.1 Å². The Morgan fingerprint density at radius 3 is 2.94 bits per heavy atom. The third kappa shape index (κ3) is 5.56. The van der Waals surface area contributed by atoms with Gasteiger partial charge < -0.3 is 20.5 Å². The summed E-state index contributed by atoms with van der Waals surface area (Å²) in [6, 6.07) is 9.79. The van der Waals surface area contributed by atoms with E-state index in [1.54, 1.807) is 19.5 Å². The van der Waals surface area contributed by atoms with Crippen molar-refractivity contribution in [3.8, 4) is 11.5 Å². The van der Waals surface area contributed by atoms with Crippen LogP contribution in [0.4, 0.5) is 11.6 Å². The quantitative estimate of drug-likeness (QED) is 0.513. The van der Waals surface area contributed by atoms with Crippen molar-refractivity contribution in [2.45, 2.75) is 32.4 Å². The number of anilines is 2. The molecule has 0 radical (unpaired) electrons. The standard InChI is InChI=1S/C24H28N6O3/c1-16-5-3-9-27-24(16)29-23-13-26-12-18(28-23)19-6-4-10-30(19)14-17-7-8-20(21(11-17)32-2)33-15-22(25)31/h3,5,7-9,11-13,19H,4,6,10,14-15H2,1-2H3,(H2,25,31)(H,27,28,29)/t19-/m0/s1. The highest BCUT2D eigenvalue weighted by Crippen LogP contribution is 2.34. The first kappa shape index (κ1) is 22.5. The molecule has 1 aliphatic heterocycles. The summed E-state index contributed by atoms with van der Waals surface area (Å²) < 4.78 is 10.9. The molecule has 0 saturated carbocycles. The molecule has 2 aromatic heterocycles. The number of aromatic nitrogens is 3. The molecule has 1 aliphatic rings. The van der Waals surface area contributed by atoms with Crippen LogP contribution in [0.3, 0.4) is 0 Å². The van der Waals surface area contributed by atoms with E-state index in [1.807, 2.05) is 43.5 Å². The molecule has 3 aromatic rings. The van der Waals surface area contributed by atoms with Crippen LogP contribution in [0.5, 0.6) is 11.5 Å². The summed E-state index contributed by atoms with van der Waals surface area (Å²) in [6.45, 7) is 3.51. The van der Waals surface area contributed by atoms with E-state index < -0.39 is 5.91 Å². The molecule has 0 aliphatic carbocycles. The summed E-state index contributed by atoms with van der Waals surface area (Å²) >= 11 is 0. The number of nitrogens with zero attached hydrogens (tertiary/aromatic N) is 4. The number of hydrogen-bond donors (Lipinski definition) is 2. The van der Waals surface area contributed by atoms with Crippen LogP contribution in [0.2, 0.25) is 0 Å². The Morgan fingerprint density at radius 1 is 1.27 bits per heavy atom. The molecular weight excluding hydrogens is 420 g/mol. The third-order valence-electron chi connectivity index (χ3n) is 5.60. The van der Waals surface area contributed by atoms with Gasteiger partial charge in [-0.15, -0.1) is 0 Å².